The monoisotopic (exact) mass is 393 g/mol. The van der Waals surface area contributed by atoms with E-state index in [9.17, 15) is 4.79 Å². The second-order valence-corrected chi connectivity index (χ2v) is 7.56. The quantitative estimate of drug-likeness (QED) is 0.611. The van der Waals surface area contributed by atoms with E-state index >= 15 is 0 Å². The van der Waals surface area contributed by atoms with Crippen molar-refractivity contribution in [3.05, 3.63) is 88.0 Å². The van der Waals surface area contributed by atoms with Crippen molar-refractivity contribution in [2.75, 3.05) is 0 Å². The molecule has 2 aromatic carbocycles. The van der Waals surface area contributed by atoms with Crippen molar-refractivity contribution in [1.82, 2.24) is 9.88 Å². The molecule has 1 aromatic heterocycles. The van der Waals surface area contributed by atoms with Crippen molar-refractivity contribution in [1.29, 1.82) is 0 Å². The summed E-state index contributed by atoms with van der Waals surface area (Å²) in [4.78, 5) is 17.5. The summed E-state index contributed by atoms with van der Waals surface area (Å²) >= 11 is 7.31. The Morgan fingerprint density at radius 1 is 1.07 bits per heavy atom. The molecule has 134 valence electrons. The number of aryl methyl sites for hydroxylation is 1. The predicted octanol–water partition coefficient (Wildman–Crippen LogP) is 5.33. The van der Waals surface area contributed by atoms with Gasteiger partial charge in [0.2, 0.25) is 0 Å². The van der Waals surface area contributed by atoms with Crippen LogP contribution in [0.4, 0.5) is 5.69 Å². The topological polar surface area (TPSA) is 46.4 Å². The predicted molar refractivity (Wildman–Crippen MR) is 113 cm³/mol. The molecule has 27 heavy (non-hydrogen) atoms. The van der Waals surface area contributed by atoms with Gasteiger partial charge in [-0.1, -0.05) is 29.3 Å². The molecule has 1 fully saturated rings. The Hall–Kier alpha value is -2.76. The average Bonchev–Trinajstić information content (AvgIpc) is 3.25. The molecule has 0 radical (unpaired) electrons. The normalized spacial score (nSPS) is 16.9. The van der Waals surface area contributed by atoms with Crippen molar-refractivity contribution < 1.29 is 4.79 Å². The van der Waals surface area contributed by atoms with Crippen LogP contribution in [0.5, 0.6) is 0 Å². The van der Waals surface area contributed by atoms with Gasteiger partial charge < -0.3 is 9.88 Å². The van der Waals surface area contributed by atoms with Crippen LogP contribution in [0.3, 0.4) is 0 Å². The van der Waals surface area contributed by atoms with Gasteiger partial charge in [-0.25, -0.2) is 4.99 Å². The van der Waals surface area contributed by atoms with Crippen LogP contribution >= 0.6 is 23.4 Å². The number of nitrogens with zero attached hydrogens (tertiary/aromatic N) is 2. The molecule has 0 unspecified atom stereocenters. The Bertz CT molecular complexity index is 1050. The molecule has 1 aliphatic rings. The highest BCUT2D eigenvalue weighted by molar-refractivity contribution is 8.18. The zero-order chi connectivity index (χ0) is 18.8. The van der Waals surface area contributed by atoms with Gasteiger partial charge in [0.1, 0.15) is 0 Å². The molecule has 4 rings (SSSR count). The largest absolute Gasteiger partial charge is 0.317 e. The van der Waals surface area contributed by atoms with Crippen molar-refractivity contribution in [3.8, 4) is 5.69 Å². The highest BCUT2D eigenvalue weighted by Crippen LogP contribution is 2.29. The van der Waals surface area contributed by atoms with Gasteiger partial charge in [0.15, 0.2) is 5.17 Å². The number of halogens is 1. The van der Waals surface area contributed by atoms with Crippen LogP contribution in [-0.2, 0) is 4.79 Å². The highest BCUT2D eigenvalue weighted by atomic mass is 35.5. The lowest BCUT2D eigenvalue weighted by Gasteiger charge is -2.06. The summed E-state index contributed by atoms with van der Waals surface area (Å²) in [5.74, 6) is -0.144. The lowest BCUT2D eigenvalue weighted by Crippen LogP contribution is -2.19. The lowest BCUT2D eigenvalue weighted by molar-refractivity contribution is -0.115. The Morgan fingerprint density at radius 2 is 1.81 bits per heavy atom. The lowest BCUT2D eigenvalue weighted by atomic mass is 10.2. The fourth-order valence-electron chi connectivity index (χ4n) is 2.70. The van der Waals surface area contributed by atoms with Crippen molar-refractivity contribution >= 4 is 46.2 Å². The molecule has 0 aliphatic carbocycles. The minimum Gasteiger partial charge on any atom is -0.317 e. The molecule has 0 bridgehead atoms. The first-order valence-electron chi connectivity index (χ1n) is 8.38. The average molecular weight is 394 g/mol. The molecule has 6 heteroatoms. The van der Waals surface area contributed by atoms with Crippen molar-refractivity contribution in [2.24, 2.45) is 4.99 Å². The Kier molecular flexibility index (Phi) is 4.88. The number of aromatic nitrogens is 1. The number of nitrogens with one attached hydrogen (secondary N) is 1. The van der Waals surface area contributed by atoms with E-state index in [2.05, 4.69) is 10.3 Å². The van der Waals surface area contributed by atoms with Gasteiger partial charge in [-0.3, -0.25) is 4.79 Å². The van der Waals surface area contributed by atoms with Gasteiger partial charge >= 0.3 is 0 Å². The second kappa shape index (κ2) is 7.47. The third kappa shape index (κ3) is 3.99. The number of amidine groups is 1. The Morgan fingerprint density at radius 3 is 2.56 bits per heavy atom. The van der Waals surface area contributed by atoms with Crippen LogP contribution < -0.4 is 5.32 Å². The number of hydrogen-bond acceptors (Lipinski definition) is 3. The van der Waals surface area contributed by atoms with E-state index in [1.165, 1.54) is 17.3 Å². The van der Waals surface area contributed by atoms with E-state index in [0.29, 0.717) is 15.1 Å². The van der Waals surface area contributed by atoms with Crippen LogP contribution in [0.2, 0.25) is 5.02 Å². The first-order valence-corrected chi connectivity index (χ1v) is 9.57. The van der Waals surface area contributed by atoms with Gasteiger partial charge in [0, 0.05) is 22.6 Å². The molecule has 1 amide bonds. The molecule has 0 spiro atoms. The number of hydrogen-bond donors (Lipinski definition) is 1. The third-order valence-electron chi connectivity index (χ3n) is 4.08. The number of aliphatic imine (C=N–C) groups is 1. The van der Waals surface area contributed by atoms with Crippen LogP contribution in [0, 0.1) is 6.92 Å². The molecule has 1 aliphatic heterocycles. The first kappa shape index (κ1) is 17.6. The summed E-state index contributed by atoms with van der Waals surface area (Å²) in [5.41, 5.74) is 3.87. The van der Waals surface area contributed by atoms with Crippen LogP contribution in [0.1, 0.15) is 11.3 Å². The zero-order valence-corrected chi connectivity index (χ0v) is 16.1. The van der Waals surface area contributed by atoms with E-state index in [1.807, 2.05) is 84.4 Å². The fraction of sp³-hybridized carbons (Fsp3) is 0.0476. The number of rotatable bonds is 3. The molecule has 0 saturated carbocycles. The Balaban J connectivity index is 1.60. The zero-order valence-electron chi connectivity index (χ0n) is 14.5. The van der Waals surface area contributed by atoms with Crippen LogP contribution in [0.25, 0.3) is 11.8 Å². The number of carbonyl (C=O) groups excluding carboxylic acids is 1. The maximum absolute atomic E-state index is 12.3. The third-order valence-corrected chi connectivity index (χ3v) is 5.24. The van der Waals surface area contributed by atoms with Crippen LogP contribution in [0.15, 0.2) is 76.8 Å². The number of carbonyl (C=O) groups is 1. The van der Waals surface area contributed by atoms with E-state index in [0.717, 1.165) is 17.1 Å². The SMILES string of the molecule is Cc1ccc(N=C2NC(=O)/C(=C/c3cccn3-c3ccc(Cl)cc3)S2)cc1. The number of amides is 1. The summed E-state index contributed by atoms with van der Waals surface area (Å²) in [6.45, 7) is 2.03. The van der Waals surface area contributed by atoms with Crippen LogP contribution in [-0.4, -0.2) is 15.6 Å². The maximum atomic E-state index is 12.3. The minimum atomic E-state index is -0.144. The summed E-state index contributed by atoms with van der Waals surface area (Å²) in [7, 11) is 0. The molecule has 0 atom stereocenters. The summed E-state index contributed by atoms with van der Waals surface area (Å²) in [6.07, 6.45) is 3.82. The van der Waals surface area contributed by atoms with Gasteiger partial charge in [0.05, 0.1) is 10.6 Å². The first-order chi connectivity index (χ1) is 13.1. The fourth-order valence-corrected chi connectivity index (χ4v) is 3.65. The molecule has 3 aromatic rings. The maximum Gasteiger partial charge on any atom is 0.264 e. The van der Waals surface area contributed by atoms with E-state index in [-0.39, 0.29) is 5.91 Å². The second-order valence-electron chi connectivity index (χ2n) is 6.10. The van der Waals surface area contributed by atoms with E-state index in [4.69, 9.17) is 11.6 Å². The van der Waals surface area contributed by atoms with Crippen molar-refractivity contribution in [2.45, 2.75) is 6.92 Å². The molecule has 1 saturated heterocycles. The molecular weight excluding hydrogens is 378 g/mol. The van der Waals surface area contributed by atoms with Gasteiger partial charge in [-0.05, 0) is 73.3 Å². The van der Waals surface area contributed by atoms with Crippen molar-refractivity contribution in [3.63, 3.8) is 0 Å². The molecular formula is C21H16ClN3OS. The number of benzene rings is 2. The summed E-state index contributed by atoms with van der Waals surface area (Å²) in [5, 5.41) is 4.10. The standard InChI is InChI=1S/C21H16ClN3OS/c1-14-4-8-16(9-5-14)23-21-24-20(26)19(27-21)13-18-3-2-12-25(18)17-10-6-15(22)7-11-17/h2-13H,1H3,(H,23,24,26)/b19-13-. The van der Waals surface area contributed by atoms with Gasteiger partial charge in [-0.15, -0.1) is 0 Å². The van der Waals surface area contributed by atoms with E-state index in [1.54, 1.807) is 0 Å². The highest BCUT2D eigenvalue weighted by Gasteiger charge is 2.24. The minimum absolute atomic E-state index is 0.144. The van der Waals surface area contributed by atoms with Gasteiger partial charge in [0.25, 0.3) is 5.91 Å². The molecule has 4 nitrogen and oxygen atoms in total. The Labute approximate surface area is 166 Å². The smallest absolute Gasteiger partial charge is 0.264 e. The molecule has 2 heterocycles. The number of thioether (sulfide) groups is 1. The summed E-state index contributed by atoms with van der Waals surface area (Å²) in [6, 6.07) is 19.3. The summed E-state index contributed by atoms with van der Waals surface area (Å²) < 4.78 is 2.01. The molecule has 1 N–H and O–H groups in total. The van der Waals surface area contributed by atoms with E-state index < -0.39 is 0 Å². The van der Waals surface area contributed by atoms with Gasteiger partial charge in [-0.2, -0.15) is 0 Å².